The summed E-state index contributed by atoms with van der Waals surface area (Å²) in [5.74, 6) is -0.916. The minimum Gasteiger partial charge on any atom is -0.495 e. The lowest BCUT2D eigenvalue weighted by Crippen LogP contribution is -2.43. The van der Waals surface area contributed by atoms with Crippen LogP contribution in [0.5, 0.6) is 5.75 Å². The Balaban J connectivity index is 1.60. The number of alkyl halides is 3. The molecule has 2 aromatic carbocycles. The normalized spacial score (nSPS) is 14.6. The number of halogens is 4. The minimum absolute atomic E-state index is 0.00259. The van der Waals surface area contributed by atoms with Gasteiger partial charge in [0.15, 0.2) is 0 Å². The summed E-state index contributed by atoms with van der Waals surface area (Å²) in [6.07, 6.45) is -1.51. The predicted molar refractivity (Wildman–Crippen MR) is 168 cm³/mol. The van der Waals surface area contributed by atoms with Crippen molar-refractivity contribution in [3.05, 3.63) is 63.8 Å². The number of rotatable bonds is 10. The van der Waals surface area contributed by atoms with Crippen molar-refractivity contribution in [2.24, 2.45) is 0 Å². The van der Waals surface area contributed by atoms with Crippen molar-refractivity contribution in [3.8, 4) is 5.75 Å². The molecule has 0 aliphatic carbocycles. The molecule has 3 N–H and O–H groups in total. The molecule has 4 rings (SSSR count). The summed E-state index contributed by atoms with van der Waals surface area (Å²) in [7, 11) is 1.12. The first kappa shape index (κ1) is 34.1. The van der Waals surface area contributed by atoms with Gasteiger partial charge in [0.2, 0.25) is 16.0 Å². The third-order valence-corrected chi connectivity index (χ3v) is 8.96. The zero-order valence-corrected chi connectivity index (χ0v) is 27.0. The topological polar surface area (TPSA) is 129 Å². The highest BCUT2D eigenvalue weighted by atomic mass is 35.5. The van der Waals surface area contributed by atoms with E-state index < -0.39 is 27.6 Å². The van der Waals surface area contributed by atoms with E-state index in [2.05, 4.69) is 30.8 Å². The lowest BCUT2D eigenvalue weighted by atomic mass is 10.0. The van der Waals surface area contributed by atoms with Gasteiger partial charge in [0, 0.05) is 25.8 Å². The highest BCUT2D eigenvalue weighted by Gasteiger charge is 2.35. The fraction of sp³-hybridized carbons (Fsp3) is 0.414. The molecule has 1 aromatic heterocycles. The van der Waals surface area contributed by atoms with Gasteiger partial charge in [-0.05, 0) is 69.2 Å². The second-order valence-electron chi connectivity index (χ2n) is 10.9. The van der Waals surface area contributed by atoms with Crippen LogP contribution in [0.2, 0.25) is 5.02 Å². The Morgan fingerprint density at radius 1 is 1.20 bits per heavy atom. The first-order valence-corrected chi connectivity index (χ1v) is 16.1. The Kier molecular flexibility index (Phi) is 10.3. The van der Waals surface area contributed by atoms with E-state index in [0.717, 1.165) is 42.1 Å². The lowest BCUT2D eigenvalue weighted by Gasteiger charge is -2.29. The number of carbonyl (C=O) groups is 1. The molecule has 244 valence electrons. The zero-order valence-electron chi connectivity index (χ0n) is 25.4. The van der Waals surface area contributed by atoms with Gasteiger partial charge >= 0.3 is 6.18 Å². The van der Waals surface area contributed by atoms with Gasteiger partial charge in [0.05, 0.1) is 35.3 Å². The number of sulfonamides is 1. The molecule has 1 fully saturated rings. The molecule has 1 aliphatic heterocycles. The molecular weight excluding hydrogens is 635 g/mol. The summed E-state index contributed by atoms with van der Waals surface area (Å²) in [6, 6.07) is 7.84. The van der Waals surface area contributed by atoms with Crippen molar-refractivity contribution in [2.75, 3.05) is 55.5 Å². The smallest absolute Gasteiger partial charge is 0.421 e. The summed E-state index contributed by atoms with van der Waals surface area (Å²) in [6.45, 7) is 3.32. The van der Waals surface area contributed by atoms with Crippen LogP contribution in [0.1, 0.15) is 39.9 Å². The molecule has 16 heteroatoms. The Morgan fingerprint density at radius 2 is 1.89 bits per heavy atom. The van der Waals surface area contributed by atoms with E-state index in [0.29, 0.717) is 17.4 Å². The van der Waals surface area contributed by atoms with Crippen molar-refractivity contribution in [2.45, 2.75) is 38.5 Å². The standard InChI is InChI=1S/C29H35ClF3N7O4S/c1-17-6-7-18(24(12-17)40(3)45(5,42)43)15-34-26-21(29(31,32)33)16-35-28(38-26)37-23-14-22(30)20(13-25(23)44-4)27(41)36-19-8-10-39(2)11-9-19/h6-7,12-14,16,19H,8-11,15H2,1-5H3,(H,36,41)(H2,34,35,37,38). The van der Waals surface area contributed by atoms with E-state index in [-0.39, 0.29) is 46.5 Å². The van der Waals surface area contributed by atoms with Gasteiger partial charge < -0.3 is 25.6 Å². The first-order valence-electron chi connectivity index (χ1n) is 13.9. The second kappa shape index (κ2) is 13.7. The molecule has 0 spiro atoms. The molecule has 1 aliphatic rings. The van der Waals surface area contributed by atoms with Crippen LogP contribution in [0.3, 0.4) is 0 Å². The van der Waals surface area contributed by atoms with E-state index in [1.54, 1.807) is 25.1 Å². The number of carbonyl (C=O) groups excluding carboxylic acids is 1. The van der Waals surface area contributed by atoms with Crippen molar-refractivity contribution in [1.82, 2.24) is 20.2 Å². The predicted octanol–water partition coefficient (Wildman–Crippen LogP) is 5.04. The summed E-state index contributed by atoms with van der Waals surface area (Å²) in [5.41, 5.74) is 0.791. The third-order valence-electron chi connectivity index (χ3n) is 7.45. The number of nitrogens with one attached hydrogen (secondary N) is 3. The minimum atomic E-state index is -4.79. The number of nitrogens with zero attached hydrogens (tertiary/aromatic N) is 4. The highest BCUT2D eigenvalue weighted by Crippen LogP contribution is 2.37. The van der Waals surface area contributed by atoms with E-state index in [4.69, 9.17) is 16.3 Å². The average Bonchev–Trinajstić information content (AvgIpc) is 2.96. The molecule has 0 unspecified atom stereocenters. The monoisotopic (exact) mass is 669 g/mol. The van der Waals surface area contributed by atoms with Crippen LogP contribution in [0, 0.1) is 6.92 Å². The Bertz CT molecular complexity index is 1670. The number of benzene rings is 2. The van der Waals surface area contributed by atoms with Crippen molar-refractivity contribution in [1.29, 1.82) is 0 Å². The van der Waals surface area contributed by atoms with E-state index >= 15 is 0 Å². The molecule has 0 bridgehead atoms. The number of amides is 1. The van der Waals surface area contributed by atoms with E-state index in [1.807, 2.05) is 7.05 Å². The zero-order chi connectivity index (χ0) is 33.1. The van der Waals surface area contributed by atoms with Gasteiger partial charge in [-0.15, -0.1) is 0 Å². The van der Waals surface area contributed by atoms with Gasteiger partial charge in [-0.3, -0.25) is 9.10 Å². The Morgan fingerprint density at radius 3 is 2.51 bits per heavy atom. The first-order chi connectivity index (χ1) is 21.1. The van der Waals surface area contributed by atoms with Crippen molar-refractivity contribution >= 4 is 50.7 Å². The second-order valence-corrected chi connectivity index (χ2v) is 13.3. The lowest BCUT2D eigenvalue weighted by molar-refractivity contribution is -0.137. The molecule has 0 radical (unpaired) electrons. The maximum absolute atomic E-state index is 13.9. The molecule has 11 nitrogen and oxygen atoms in total. The van der Waals surface area contributed by atoms with E-state index in [1.165, 1.54) is 26.3 Å². The van der Waals surface area contributed by atoms with Crippen LogP contribution in [-0.2, 0) is 22.7 Å². The Labute approximate surface area is 265 Å². The molecule has 1 amide bonds. The molecule has 45 heavy (non-hydrogen) atoms. The number of methoxy groups -OCH3 is 1. The SMILES string of the molecule is COc1cc(C(=O)NC2CCN(C)CC2)c(Cl)cc1Nc1ncc(C(F)(F)F)c(NCc2ccc(C)cc2N(C)S(C)(=O)=O)n1. The quantitative estimate of drug-likeness (QED) is 0.272. The third kappa shape index (κ3) is 8.47. The van der Waals surface area contributed by atoms with Crippen LogP contribution in [-0.4, -0.2) is 75.8 Å². The number of aromatic nitrogens is 2. The van der Waals surface area contributed by atoms with Gasteiger partial charge in [-0.2, -0.15) is 18.2 Å². The van der Waals surface area contributed by atoms with Crippen LogP contribution >= 0.6 is 11.6 Å². The fourth-order valence-electron chi connectivity index (χ4n) is 4.79. The van der Waals surface area contributed by atoms with Crippen LogP contribution in [0.25, 0.3) is 0 Å². The number of likely N-dealkylation sites (tertiary alicyclic amines) is 1. The summed E-state index contributed by atoms with van der Waals surface area (Å²) in [4.78, 5) is 23.1. The highest BCUT2D eigenvalue weighted by molar-refractivity contribution is 7.92. The summed E-state index contributed by atoms with van der Waals surface area (Å²) in [5, 5.41) is 8.60. The van der Waals surface area contributed by atoms with Crippen LogP contribution in [0.15, 0.2) is 36.5 Å². The molecule has 1 saturated heterocycles. The number of piperidine rings is 1. The van der Waals surface area contributed by atoms with Gasteiger partial charge in [0.1, 0.15) is 17.1 Å². The maximum atomic E-state index is 13.9. The summed E-state index contributed by atoms with van der Waals surface area (Å²) >= 11 is 6.46. The van der Waals surface area contributed by atoms with Crippen LogP contribution < -0.4 is 25.0 Å². The number of hydrogen-bond acceptors (Lipinski definition) is 9. The molecule has 2 heterocycles. The van der Waals surface area contributed by atoms with Crippen molar-refractivity contribution in [3.63, 3.8) is 0 Å². The van der Waals surface area contributed by atoms with E-state index in [9.17, 15) is 26.4 Å². The molecular formula is C29H35ClF3N7O4S. The van der Waals surface area contributed by atoms with Crippen LogP contribution in [0.4, 0.5) is 36.3 Å². The maximum Gasteiger partial charge on any atom is 0.421 e. The average molecular weight is 670 g/mol. The van der Waals surface area contributed by atoms with Crippen molar-refractivity contribution < 1.29 is 31.1 Å². The molecule has 3 aromatic rings. The molecule has 0 saturated carbocycles. The number of aryl methyl sites for hydroxylation is 1. The number of ether oxygens (including phenoxy) is 1. The van der Waals surface area contributed by atoms with Gasteiger partial charge in [0.25, 0.3) is 5.91 Å². The molecule has 0 atom stereocenters. The number of hydrogen-bond donors (Lipinski definition) is 3. The van der Waals surface area contributed by atoms with Gasteiger partial charge in [-0.25, -0.2) is 13.4 Å². The summed E-state index contributed by atoms with van der Waals surface area (Å²) < 4.78 is 72.7. The van der Waals surface area contributed by atoms with Gasteiger partial charge in [-0.1, -0.05) is 23.7 Å². The fourth-order valence-corrected chi connectivity index (χ4v) is 5.57. The largest absolute Gasteiger partial charge is 0.495 e. The Hall–Kier alpha value is -3.82. The number of anilines is 4.